The van der Waals surface area contributed by atoms with Gasteiger partial charge < -0.3 is 5.32 Å². The summed E-state index contributed by atoms with van der Waals surface area (Å²) < 4.78 is 0. The van der Waals surface area contributed by atoms with Crippen LogP contribution in [-0.4, -0.2) is 12.3 Å². The molecule has 1 N–H and O–H groups in total. The second kappa shape index (κ2) is 3.48. The van der Waals surface area contributed by atoms with Gasteiger partial charge in [-0.1, -0.05) is 23.7 Å². The van der Waals surface area contributed by atoms with Crippen molar-refractivity contribution in [3.05, 3.63) is 34.9 Å². The Balaban J connectivity index is 2.29. The Hall–Kier alpha value is -0.860. The maximum atomic E-state index is 11.4. The number of halogens is 1. The summed E-state index contributed by atoms with van der Waals surface area (Å²) in [5.74, 6) is 0.252. The number of hydrogen-bond donors (Lipinski definition) is 1. The minimum Gasteiger partial charge on any atom is -0.303 e. The van der Waals surface area contributed by atoms with Gasteiger partial charge in [0.05, 0.1) is 6.04 Å². The molecular formula is C10H10ClNO. The monoisotopic (exact) mass is 195 g/mol. The van der Waals surface area contributed by atoms with Gasteiger partial charge in [-0.2, -0.15) is 0 Å². The van der Waals surface area contributed by atoms with Crippen LogP contribution in [0.4, 0.5) is 0 Å². The molecule has 1 aromatic carbocycles. The Morgan fingerprint density at radius 3 is 2.92 bits per heavy atom. The first kappa shape index (κ1) is 8.73. The maximum Gasteiger partial charge on any atom is 0.155 e. The van der Waals surface area contributed by atoms with Gasteiger partial charge >= 0.3 is 0 Å². The molecule has 0 amide bonds. The molecule has 1 unspecified atom stereocenters. The highest BCUT2D eigenvalue weighted by Crippen LogP contribution is 2.22. The van der Waals surface area contributed by atoms with Crippen molar-refractivity contribution in [1.82, 2.24) is 5.32 Å². The standard InChI is InChI=1S/C10H10ClNO/c11-8-3-1-2-7(6-8)10-9(13)4-5-12-10/h1-3,6,10,12H,4-5H2. The summed E-state index contributed by atoms with van der Waals surface area (Å²) in [4.78, 5) is 11.4. The molecule has 0 bridgehead atoms. The molecule has 1 fully saturated rings. The molecule has 2 nitrogen and oxygen atoms in total. The van der Waals surface area contributed by atoms with E-state index in [1.54, 1.807) is 0 Å². The number of carbonyl (C=O) groups excluding carboxylic acids is 1. The zero-order valence-corrected chi connectivity index (χ0v) is 7.84. The molecule has 1 aliphatic heterocycles. The highest BCUT2D eigenvalue weighted by atomic mass is 35.5. The lowest BCUT2D eigenvalue weighted by molar-refractivity contribution is -0.118. The fourth-order valence-corrected chi connectivity index (χ4v) is 1.79. The second-order valence-corrected chi connectivity index (χ2v) is 3.59. The van der Waals surface area contributed by atoms with Gasteiger partial charge in [-0.05, 0) is 17.7 Å². The molecular weight excluding hydrogens is 186 g/mol. The quantitative estimate of drug-likeness (QED) is 0.742. The van der Waals surface area contributed by atoms with Crippen LogP contribution in [0.1, 0.15) is 18.0 Å². The van der Waals surface area contributed by atoms with Crippen molar-refractivity contribution in [2.45, 2.75) is 12.5 Å². The fraction of sp³-hybridized carbons (Fsp3) is 0.300. The van der Waals surface area contributed by atoms with E-state index in [0.29, 0.717) is 11.4 Å². The molecule has 0 saturated carbocycles. The largest absolute Gasteiger partial charge is 0.303 e. The average Bonchev–Trinajstić information content (AvgIpc) is 2.51. The zero-order valence-electron chi connectivity index (χ0n) is 7.09. The number of benzene rings is 1. The second-order valence-electron chi connectivity index (χ2n) is 3.16. The van der Waals surface area contributed by atoms with Crippen molar-refractivity contribution >= 4 is 17.4 Å². The lowest BCUT2D eigenvalue weighted by Gasteiger charge is -2.08. The van der Waals surface area contributed by atoms with Gasteiger partial charge in [0.2, 0.25) is 0 Å². The molecule has 1 atom stereocenters. The minimum atomic E-state index is -0.140. The smallest absolute Gasteiger partial charge is 0.155 e. The highest BCUT2D eigenvalue weighted by molar-refractivity contribution is 6.30. The van der Waals surface area contributed by atoms with Gasteiger partial charge in [0.15, 0.2) is 5.78 Å². The van der Waals surface area contributed by atoms with E-state index < -0.39 is 0 Å². The van der Waals surface area contributed by atoms with E-state index in [-0.39, 0.29) is 11.8 Å². The van der Waals surface area contributed by atoms with Crippen LogP contribution in [0.15, 0.2) is 24.3 Å². The van der Waals surface area contributed by atoms with E-state index in [1.807, 2.05) is 24.3 Å². The minimum absolute atomic E-state index is 0.140. The van der Waals surface area contributed by atoms with Crippen LogP contribution in [-0.2, 0) is 4.79 Å². The van der Waals surface area contributed by atoms with Crippen molar-refractivity contribution < 1.29 is 4.79 Å². The Morgan fingerprint density at radius 2 is 2.31 bits per heavy atom. The Kier molecular flexibility index (Phi) is 2.34. The van der Waals surface area contributed by atoms with Crippen LogP contribution in [0.3, 0.4) is 0 Å². The molecule has 1 heterocycles. The summed E-state index contributed by atoms with van der Waals surface area (Å²) in [5.41, 5.74) is 0.968. The van der Waals surface area contributed by atoms with Crippen molar-refractivity contribution in [3.63, 3.8) is 0 Å². The molecule has 1 saturated heterocycles. The third-order valence-electron chi connectivity index (χ3n) is 2.22. The number of ketones is 1. The first-order valence-corrected chi connectivity index (χ1v) is 4.67. The van der Waals surface area contributed by atoms with E-state index in [4.69, 9.17) is 11.6 Å². The summed E-state index contributed by atoms with van der Waals surface area (Å²) in [6.45, 7) is 0.774. The molecule has 1 aliphatic rings. The number of hydrogen-bond acceptors (Lipinski definition) is 2. The van der Waals surface area contributed by atoms with Crippen LogP contribution in [0, 0.1) is 0 Å². The normalized spacial score (nSPS) is 22.2. The Morgan fingerprint density at radius 1 is 1.46 bits per heavy atom. The zero-order chi connectivity index (χ0) is 9.26. The predicted octanol–water partition coefficient (Wildman–Crippen LogP) is 1.94. The van der Waals surface area contributed by atoms with Gasteiger partial charge in [0.1, 0.15) is 0 Å². The molecule has 3 heteroatoms. The van der Waals surface area contributed by atoms with Gasteiger partial charge in [0.25, 0.3) is 0 Å². The molecule has 0 spiro atoms. The van der Waals surface area contributed by atoms with Gasteiger partial charge in [-0.15, -0.1) is 0 Å². The topological polar surface area (TPSA) is 29.1 Å². The van der Waals surface area contributed by atoms with E-state index in [9.17, 15) is 4.79 Å². The molecule has 0 radical (unpaired) electrons. The van der Waals surface area contributed by atoms with E-state index in [1.165, 1.54) is 0 Å². The number of nitrogens with one attached hydrogen (secondary N) is 1. The van der Waals surface area contributed by atoms with Crippen LogP contribution in [0.25, 0.3) is 0 Å². The van der Waals surface area contributed by atoms with Gasteiger partial charge in [-0.25, -0.2) is 0 Å². The molecule has 68 valence electrons. The van der Waals surface area contributed by atoms with Gasteiger partial charge in [-0.3, -0.25) is 4.79 Å². The molecule has 13 heavy (non-hydrogen) atoms. The van der Waals surface area contributed by atoms with E-state index in [0.717, 1.165) is 12.1 Å². The summed E-state index contributed by atoms with van der Waals surface area (Å²) in [6, 6.07) is 7.30. The lowest BCUT2D eigenvalue weighted by Crippen LogP contribution is -2.17. The molecule has 1 aromatic rings. The molecule has 0 aromatic heterocycles. The predicted molar refractivity (Wildman–Crippen MR) is 51.8 cm³/mol. The first-order chi connectivity index (χ1) is 6.27. The third-order valence-corrected chi connectivity index (χ3v) is 2.46. The third kappa shape index (κ3) is 1.74. The van der Waals surface area contributed by atoms with E-state index in [2.05, 4.69) is 5.32 Å². The Labute approximate surface area is 81.9 Å². The maximum absolute atomic E-state index is 11.4. The van der Waals surface area contributed by atoms with Gasteiger partial charge in [0, 0.05) is 18.0 Å². The van der Waals surface area contributed by atoms with Crippen LogP contribution in [0.5, 0.6) is 0 Å². The fourth-order valence-electron chi connectivity index (χ4n) is 1.59. The van der Waals surface area contributed by atoms with Crippen LogP contribution < -0.4 is 5.32 Å². The van der Waals surface area contributed by atoms with Crippen molar-refractivity contribution in [3.8, 4) is 0 Å². The summed E-state index contributed by atoms with van der Waals surface area (Å²) in [6.07, 6.45) is 0.622. The molecule has 2 rings (SSSR count). The van der Waals surface area contributed by atoms with Crippen molar-refractivity contribution in [1.29, 1.82) is 0 Å². The average molecular weight is 196 g/mol. The Bertz CT molecular complexity index is 337. The SMILES string of the molecule is O=C1CCNC1c1cccc(Cl)c1. The highest BCUT2D eigenvalue weighted by Gasteiger charge is 2.24. The van der Waals surface area contributed by atoms with Crippen LogP contribution >= 0.6 is 11.6 Å². The number of carbonyl (C=O) groups is 1. The molecule has 0 aliphatic carbocycles. The van der Waals surface area contributed by atoms with Crippen molar-refractivity contribution in [2.75, 3.05) is 6.54 Å². The summed E-state index contributed by atoms with van der Waals surface area (Å²) in [7, 11) is 0. The van der Waals surface area contributed by atoms with Crippen LogP contribution in [0.2, 0.25) is 5.02 Å². The first-order valence-electron chi connectivity index (χ1n) is 4.29. The number of Topliss-reactive ketones (excluding diaryl/α,β-unsaturated/α-hetero) is 1. The van der Waals surface area contributed by atoms with Crippen molar-refractivity contribution in [2.24, 2.45) is 0 Å². The summed E-state index contributed by atoms with van der Waals surface area (Å²) >= 11 is 5.83. The number of rotatable bonds is 1. The lowest BCUT2D eigenvalue weighted by atomic mass is 10.0. The van der Waals surface area contributed by atoms with E-state index >= 15 is 0 Å². The summed E-state index contributed by atoms with van der Waals surface area (Å²) in [5, 5.41) is 3.82.